The molecule has 0 saturated heterocycles. The number of aromatic nitrogens is 1. The molecule has 0 unspecified atom stereocenters. The van der Waals surface area contributed by atoms with Crippen LogP contribution in [0.15, 0.2) is 54.6 Å². The minimum atomic E-state index is -0.289. The zero-order valence-corrected chi connectivity index (χ0v) is 10.3. The van der Waals surface area contributed by atoms with Gasteiger partial charge in [0.05, 0.1) is 10.2 Å². The van der Waals surface area contributed by atoms with Crippen LogP contribution >= 0.6 is 11.3 Å². The number of hydrogen-bond acceptors (Lipinski definition) is 2. The van der Waals surface area contributed by atoms with Crippen molar-refractivity contribution in [1.82, 2.24) is 4.98 Å². The fraction of sp³-hybridized carbons (Fsp3) is 0. The van der Waals surface area contributed by atoms with Gasteiger partial charge in [-0.3, -0.25) is 0 Å². The molecule has 3 rings (SSSR count). The maximum atomic E-state index is 14.1. The summed E-state index contributed by atoms with van der Waals surface area (Å²) >= 11 is 1.37. The minimum Gasteiger partial charge on any atom is -0.234 e. The van der Waals surface area contributed by atoms with E-state index in [0.29, 0.717) is 5.01 Å². The SMILES string of the molecule is F/C(=C\c1ccccc1)c1nc2ccccc2s1. The summed E-state index contributed by atoms with van der Waals surface area (Å²) < 4.78 is 15.1. The van der Waals surface area contributed by atoms with E-state index in [4.69, 9.17) is 0 Å². The Balaban J connectivity index is 2.01. The van der Waals surface area contributed by atoms with Crippen LogP contribution < -0.4 is 0 Å². The maximum Gasteiger partial charge on any atom is 0.159 e. The van der Waals surface area contributed by atoms with Gasteiger partial charge in [0, 0.05) is 0 Å². The molecule has 0 spiro atoms. The lowest BCUT2D eigenvalue weighted by Crippen LogP contribution is -1.76. The number of thiazole rings is 1. The first-order valence-corrected chi connectivity index (χ1v) is 6.43. The standard InChI is InChI=1S/C15H10FNS/c16-12(10-11-6-2-1-3-7-11)15-17-13-8-4-5-9-14(13)18-15/h1-10H/b12-10-. The maximum absolute atomic E-state index is 14.1. The van der Waals surface area contributed by atoms with Gasteiger partial charge < -0.3 is 0 Å². The molecule has 0 fully saturated rings. The zero-order valence-electron chi connectivity index (χ0n) is 9.51. The molecule has 0 bridgehead atoms. The molecule has 0 aliphatic rings. The van der Waals surface area contributed by atoms with Crippen LogP contribution in [0.1, 0.15) is 10.6 Å². The first kappa shape index (κ1) is 11.1. The molecule has 1 aromatic heterocycles. The largest absolute Gasteiger partial charge is 0.234 e. The van der Waals surface area contributed by atoms with Gasteiger partial charge in [0.1, 0.15) is 0 Å². The smallest absolute Gasteiger partial charge is 0.159 e. The first-order chi connectivity index (χ1) is 8.83. The molecule has 0 radical (unpaired) electrons. The molecule has 0 N–H and O–H groups in total. The normalized spacial score (nSPS) is 11.9. The van der Waals surface area contributed by atoms with Crippen LogP contribution in [0.5, 0.6) is 0 Å². The predicted octanol–water partition coefficient (Wildman–Crippen LogP) is 4.76. The molecule has 1 nitrogen and oxygen atoms in total. The summed E-state index contributed by atoms with van der Waals surface area (Å²) in [5.74, 6) is -0.289. The van der Waals surface area contributed by atoms with E-state index in [0.717, 1.165) is 15.8 Å². The number of benzene rings is 2. The Morgan fingerprint density at radius 2 is 1.72 bits per heavy atom. The third-order valence-electron chi connectivity index (χ3n) is 2.59. The van der Waals surface area contributed by atoms with Gasteiger partial charge in [-0.15, -0.1) is 11.3 Å². The fourth-order valence-electron chi connectivity index (χ4n) is 1.73. The molecule has 3 aromatic rings. The second kappa shape index (κ2) is 4.70. The van der Waals surface area contributed by atoms with Crippen molar-refractivity contribution in [1.29, 1.82) is 0 Å². The molecule has 0 saturated carbocycles. The average Bonchev–Trinajstić information content (AvgIpc) is 2.84. The Morgan fingerprint density at radius 3 is 2.50 bits per heavy atom. The predicted molar refractivity (Wildman–Crippen MR) is 75.0 cm³/mol. The highest BCUT2D eigenvalue weighted by Gasteiger charge is 2.07. The lowest BCUT2D eigenvalue weighted by molar-refractivity contribution is 0.764. The fourth-order valence-corrected chi connectivity index (χ4v) is 2.61. The monoisotopic (exact) mass is 255 g/mol. The van der Waals surface area contributed by atoms with E-state index in [1.807, 2.05) is 54.6 Å². The van der Waals surface area contributed by atoms with Crippen molar-refractivity contribution in [3.05, 3.63) is 65.2 Å². The van der Waals surface area contributed by atoms with Crippen LogP contribution in [-0.2, 0) is 0 Å². The third kappa shape index (κ3) is 2.17. The second-order valence-corrected chi connectivity index (χ2v) is 4.92. The summed E-state index contributed by atoms with van der Waals surface area (Å²) in [6, 6.07) is 17.1. The quantitative estimate of drug-likeness (QED) is 0.643. The van der Waals surface area contributed by atoms with Crippen LogP contribution in [0.3, 0.4) is 0 Å². The van der Waals surface area contributed by atoms with E-state index in [-0.39, 0.29) is 5.83 Å². The zero-order chi connectivity index (χ0) is 12.4. The van der Waals surface area contributed by atoms with E-state index in [1.54, 1.807) is 0 Å². The summed E-state index contributed by atoms with van der Waals surface area (Å²) in [6.45, 7) is 0. The van der Waals surface area contributed by atoms with Crippen LogP contribution in [0.4, 0.5) is 4.39 Å². The summed E-state index contributed by atoms with van der Waals surface area (Å²) in [5, 5.41) is 0.431. The molecule has 0 aliphatic heterocycles. The van der Waals surface area contributed by atoms with Crippen LogP contribution in [0, 0.1) is 0 Å². The third-order valence-corrected chi connectivity index (χ3v) is 3.64. The van der Waals surface area contributed by atoms with Crippen molar-refractivity contribution in [2.24, 2.45) is 0 Å². The number of halogens is 1. The Hall–Kier alpha value is -2.00. The Bertz CT molecular complexity index is 668. The van der Waals surface area contributed by atoms with Crippen molar-refractivity contribution in [3.8, 4) is 0 Å². The number of hydrogen-bond donors (Lipinski definition) is 0. The van der Waals surface area contributed by atoms with Crippen molar-refractivity contribution >= 4 is 33.5 Å². The number of nitrogens with zero attached hydrogens (tertiary/aromatic N) is 1. The number of rotatable bonds is 2. The molecule has 18 heavy (non-hydrogen) atoms. The lowest BCUT2D eigenvalue weighted by atomic mass is 10.2. The van der Waals surface area contributed by atoms with Gasteiger partial charge >= 0.3 is 0 Å². The van der Waals surface area contributed by atoms with Gasteiger partial charge in [0.2, 0.25) is 0 Å². The van der Waals surface area contributed by atoms with Crippen molar-refractivity contribution in [2.45, 2.75) is 0 Å². The number of para-hydroxylation sites is 1. The molecule has 88 valence electrons. The van der Waals surface area contributed by atoms with E-state index in [1.165, 1.54) is 17.4 Å². The van der Waals surface area contributed by atoms with Gasteiger partial charge in [-0.25, -0.2) is 9.37 Å². The van der Waals surface area contributed by atoms with Crippen LogP contribution in [-0.4, -0.2) is 4.98 Å². The van der Waals surface area contributed by atoms with Gasteiger partial charge in [0.25, 0.3) is 0 Å². The van der Waals surface area contributed by atoms with Gasteiger partial charge in [-0.05, 0) is 23.8 Å². The van der Waals surface area contributed by atoms with Crippen molar-refractivity contribution in [3.63, 3.8) is 0 Å². The molecule has 3 heteroatoms. The highest BCUT2D eigenvalue weighted by atomic mass is 32.1. The Kier molecular flexibility index (Phi) is 2.90. The summed E-state index contributed by atoms with van der Waals surface area (Å²) in [7, 11) is 0. The molecule has 0 amide bonds. The molecular formula is C15H10FNS. The average molecular weight is 255 g/mol. The Labute approximate surface area is 108 Å². The van der Waals surface area contributed by atoms with Crippen molar-refractivity contribution < 1.29 is 4.39 Å². The van der Waals surface area contributed by atoms with Gasteiger partial charge in [0.15, 0.2) is 10.8 Å². The van der Waals surface area contributed by atoms with Crippen molar-refractivity contribution in [2.75, 3.05) is 0 Å². The topological polar surface area (TPSA) is 12.9 Å². The summed E-state index contributed by atoms with van der Waals surface area (Å²) in [4.78, 5) is 4.28. The molecular weight excluding hydrogens is 245 g/mol. The molecule has 0 atom stereocenters. The Morgan fingerprint density at radius 1 is 1.00 bits per heavy atom. The lowest BCUT2D eigenvalue weighted by Gasteiger charge is -1.93. The minimum absolute atomic E-state index is 0.289. The van der Waals surface area contributed by atoms with Gasteiger partial charge in [-0.2, -0.15) is 0 Å². The van der Waals surface area contributed by atoms with E-state index >= 15 is 0 Å². The molecule has 2 aromatic carbocycles. The van der Waals surface area contributed by atoms with Crippen LogP contribution in [0.2, 0.25) is 0 Å². The van der Waals surface area contributed by atoms with Gasteiger partial charge in [-0.1, -0.05) is 42.5 Å². The highest BCUT2D eigenvalue weighted by molar-refractivity contribution is 7.19. The number of fused-ring (bicyclic) bond motifs is 1. The molecule has 0 aliphatic carbocycles. The summed E-state index contributed by atoms with van der Waals surface area (Å²) in [6.07, 6.45) is 1.51. The van der Waals surface area contributed by atoms with E-state index in [9.17, 15) is 4.39 Å². The second-order valence-electron chi connectivity index (χ2n) is 3.89. The molecule has 1 heterocycles. The van der Waals surface area contributed by atoms with E-state index in [2.05, 4.69) is 4.98 Å². The highest BCUT2D eigenvalue weighted by Crippen LogP contribution is 2.28. The van der Waals surface area contributed by atoms with E-state index < -0.39 is 0 Å². The first-order valence-electron chi connectivity index (χ1n) is 5.61. The van der Waals surface area contributed by atoms with Crippen LogP contribution in [0.25, 0.3) is 22.1 Å². The summed E-state index contributed by atoms with van der Waals surface area (Å²) in [5.41, 5.74) is 1.68.